The summed E-state index contributed by atoms with van der Waals surface area (Å²) in [6, 6.07) is 11.7. The fraction of sp³-hybridized carbons (Fsp3) is 0. The van der Waals surface area contributed by atoms with Gasteiger partial charge in [0.2, 0.25) is 11.6 Å². The van der Waals surface area contributed by atoms with Crippen LogP contribution in [0.4, 0.5) is 11.5 Å². The van der Waals surface area contributed by atoms with Crippen molar-refractivity contribution < 1.29 is 19.5 Å². The number of aromatic nitrogens is 5. The van der Waals surface area contributed by atoms with E-state index in [2.05, 4.69) is 35.8 Å². The van der Waals surface area contributed by atoms with Crippen LogP contribution in [-0.4, -0.2) is 47.5 Å². The first-order valence-corrected chi connectivity index (χ1v) is 8.85. The number of rotatable bonds is 6. The first-order chi connectivity index (χ1) is 15.4. The van der Waals surface area contributed by atoms with Crippen LogP contribution in [0.2, 0.25) is 0 Å². The smallest absolute Gasteiger partial charge is 0.294 e. The summed E-state index contributed by atoms with van der Waals surface area (Å²) in [5.41, 5.74) is 8.44. The van der Waals surface area contributed by atoms with E-state index in [1.165, 1.54) is 42.6 Å². The number of phenolic OH excluding ortho intramolecular Hbond substituents is 1. The van der Waals surface area contributed by atoms with Gasteiger partial charge >= 0.3 is 0 Å². The van der Waals surface area contributed by atoms with Crippen LogP contribution in [-0.2, 0) is 0 Å². The third-order valence-electron chi connectivity index (χ3n) is 4.16. The van der Waals surface area contributed by atoms with Gasteiger partial charge < -0.3 is 10.8 Å². The molecule has 0 bridgehead atoms. The number of hydrogen-bond donors (Lipinski definition) is 3. The highest BCUT2D eigenvalue weighted by Crippen LogP contribution is 2.29. The van der Waals surface area contributed by atoms with Crippen LogP contribution < -0.4 is 11.2 Å². The van der Waals surface area contributed by atoms with E-state index in [9.17, 15) is 20.0 Å². The third-order valence-corrected chi connectivity index (χ3v) is 4.16. The van der Waals surface area contributed by atoms with E-state index in [4.69, 9.17) is 5.73 Å². The predicted octanol–water partition coefficient (Wildman–Crippen LogP) is 1.28. The van der Waals surface area contributed by atoms with Gasteiger partial charge in [-0.2, -0.15) is 9.78 Å². The molecule has 1 amide bonds. The van der Waals surface area contributed by atoms with E-state index in [1.54, 1.807) is 12.1 Å². The van der Waals surface area contributed by atoms with Crippen LogP contribution in [0.1, 0.15) is 16.1 Å². The molecule has 0 aliphatic rings. The highest BCUT2D eigenvalue weighted by atomic mass is 16.6. The zero-order valence-corrected chi connectivity index (χ0v) is 16.0. The molecular weight excluding hydrogens is 422 g/mol. The number of carbonyl (C=O) groups is 1. The summed E-state index contributed by atoms with van der Waals surface area (Å²) in [4.78, 5) is 23.4. The van der Waals surface area contributed by atoms with Crippen molar-refractivity contribution in [3.63, 3.8) is 0 Å². The maximum absolute atomic E-state index is 12.8. The Morgan fingerprint density at radius 2 is 2.06 bits per heavy atom. The Bertz CT molecular complexity index is 1340. The van der Waals surface area contributed by atoms with Gasteiger partial charge in [0, 0.05) is 17.7 Å². The lowest BCUT2D eigenvalue weighted by atomic mass is 10.1. The molecule has 4 N–H and O–H groups in total. The molecule has 0 radical (unpaired) electrons. The number of carbonyl (C=O) groups excluding carboxylic acids is 1. The van der Waals surface area contributed by atoms with Crippen LogP contribution in [0, 0.1) is 10.1 Å². The van der Waals surface area contributed by atoms with Crippen molar-refractivity contribution in [1.82, 2.24) is 30.7 Å². The van der Waals surface area contributed by atoms with Crippen molar-refractivity contribution in [2.75, 3.05) is 5.73 Å². The number of anilines is 1. The molecule has 4 rings (SSSR count). The molecule has 2 heterocycles. The fourth-order valence-corrected chi connectivity index (χ4v) is 2.77. The normalized spacial score (nSPS) is 11.0. The number of nitrogens with one attached hydrogen (secondary N) is 1. The van der Waals surface area contributed by atoms with Crippen molar-refractivity contribution in [1.29, 1.82) is 0 Å². The zero-order valence-electron chi connectivity index (χ0n) is 16.0. The summed E-state index contributed by atoms with van der Waals surface area (Å²) in [6.45, 7) is 0. The highest BCUT2D eigenvalue weighted by Gasteiger charge is 2.26. The number of aromatic hydroxyl groups is 1. The lowest BCUT2D eigenvalue weighted by Crippen LogP contribution is -2.19. The molecule has 0 fully saturated rings. The zero-order chi connectivity index (χ0) is 22.7. The predicted molar refractivity (Wildman–Crippen MR) is 109 cm³/mol. The first kappa shape index (κ1) is 20.1. The van der Waals surface area contributed by atoms with Crippen LogP contribution >= 0.6 is 0 Å². The molecule has 14 nitrogen and oxygen atoms in total. The number of phenols is 1. The number of nitrogen functional groups attached to an aromatic ring is 1. The molecule has 14 heteroatoms. The molecule has 0 saturated heterocycles. The van der Waals surface area contributed by atoms with Gasteiger partial charge in [0.25, 0.3) is 11.6 Å². The van der Waals surface area contributed by atoms with Crippen molar-refractivity contribution in [3.05, 3.63) is 69.9 Å². The highest BCUT2D eigenvalue weighted by molar-refractivity contribution is 5.99. The number of hydrogen-bond acceptors (Lipinski definition) is 11. The van der Waals surface area contributed by atoms with Gasteiger partial charge in [-0.15, -0.1) is 5.10 Å². The summed E-state index contributed by atoms with van der Waals surface area (Å²) >= 11 is 0. The van der Waals surface area contributed by atoms with Crippen LogP contribution in [0.25, 0.3) is 17.1 Å². The monoisotopic (exact) mass is 435 g/mol. The number of nitro benzene ring substituents is 1. The SMILES string of the molecule is Nc1nonc1-n1nnc(C(=O)N/N=C/c2cccc(O)c2)c1-c1cccc([N+](=O)[O-])c1. The molecule has 2 aromatic carbocycles. The van der Waals surface area contributed by atoms with Gasteiger partial charge in [-0.3, -0.25) is 14.9 Å². The largest absolute Gasteiger partial charge is 0.508 e. The van der Waals surface area contributed by atoms with Gasteiger partial charge in [-0.25, -0.2) is 10.1 Å². The van der Waals surface area contributed by atoms with E-state index in [0.717, 1.165) is 4.68 Å². The number of benzene rings is 2. The summed E-state index contributed by atoms with van der Waals surface area (Å²) in [6.07, 6.45) is 1.31. The van der Waals surface area contributed by atoms with Gasteiger partial charge in [-0.05, 0) is 28.0 Å². The molecule has 0 atom stereocenters. The summed E-state index contributed by atoms with van der Waals surface area (Å²) < 4.78 is 5.66. The van der Waals surface area contributed by atoms with Crippen molar-refractivity contribution in [3.8, 4) is 22.8 Å². The molecule has 32 heavy (non-hydrogen) atoms. The molecule has 0 saturated carbocycles. The van der Waals surface area contributed by atoms with Crippen LogP contribution in [0.15, 0.2) is 58.3 Å². The third kappa shape index (κ3) is 3.95. The van der Waals surface area contributed by atoms with Crippen molar-refractivity contribution in [2.45, 2.75) is 0 Å². The van der Waals surface area contributed by atoms with Gasteiger partial charge in [0.05, 0.1) is 11.1 Å². The summed E-state index contributed by atoms with van der Waals surface area (Å²) in [7, 11) is 0. The number of amides is 1. The van der Waals surface area contributed by atoms with Crippen LogP contribution in [0.5, 0.6) is 5.75 Å². The molecule has 0 spiro atoms. The van der Waals surface area contributed by atoms with E-state index in [1.807, 2.05) is 0 Å². The average Bonchev–Trinajstić information content (AvgIpc) is 3.39. The number of hydrazone groups is 1. The second-order valence-corrected chi connectivity index (χ2v) is 6.27. The molecule has 4 aromatic rings. The molecule has 160 valence electrons. The molecule has 0 aliphatic carbocycles. The van der Waals surface area contributed by atoms with Gasteiger partial charge in [0.1, 0.15) is 11.4 Å². The van der Waals surface area contributed by atoms with E-state index >= 15 is 0 Å². The Morgan fingerprint density at radius 1 is 1.25 bits per heavy atom. The van der Waals surface area contributed by atoms with Crippen molar-refractivity contribution in [2.24, 2.45) is 5.10 Å². The first-order valence-electron chi connectivity index (χ1n) is 8.85. The molecule has 0 unspecified atom stereocenters. The van der Waals surface area contributed by atoms with Crippen molar-refractivity contribution >= 4 is 23.6 Å². The minimum atomic E-state index is -0.760. The number of non-ortho nitro benzene ring substituents is 1. The quantitative estimate of drug-likeness (QED) is 0.225. The molecule has 2 aromatic heterocycles. The lowest BCUT2D eigenvalue weighted by Gasteiger charge is -2.05. The summed E-state index contributed by atoms with van der Waals surface area (Å²) in [5.74, 6) is -0.907. The minimum absolute atomic E-state index is 0.0370. The molecule has 0 aliphatic heterocycles. The Morgan fingerprint density at radius 3 is 2.78 bits per heavy atom. The topological polar surface area (TPSA) is 200 Å². The Labute approximate surface area is 178 Å². The number of nitrogens with zero attached hydrogens (tertiary/aromatic N) is 7. The lowest BCUT2D eigenvalue weighted by molar-refractivity contribution is -0.384. The fourth-order valence-electron chi connectivity index (χ4n) is 2.77. The van der Waals surface area contributed by atoms with E-state index in [0.29, 0.717) is 5.56 Å². The number of nitrogens with two attached hydrogens (primary N) is 1. The minimum Gasteiger partial charge on any atom is -0.508 e. The van der Waals surface area contributed by atoms with Gasteiger partial charge in [-0.1, -0.05) is 29.5 Å². The van der Waals surface area contributed by atoms with Gasteiger partial charge in [0.15, 0.2) is 5.69 Å². The van der Waals surface area contributed by atoms with E-state index in [-0.39, 0.29) is 40.0 Å². The van der Waals surface area contributed by atoms with E-state index < -0.39 is 10.8 Å². The standard InChI is InChI=1S/C18H13N9O5/c19-16-17(24-32-23-16)26-15(11-4-2-5-12(8-11)27(30)31)14(21-25-26)18(29)22-20-9-10-3-1-6-13(28)7-10/h1-9,28H,(H2,19,23)(H,22,29)/b20-9+. The summed E-state index contributed by atoms with van der Waals surface area (Å²) in [5, 5.41) is 39.4. The second kappa shape index (κ2) is 8.31. The second-order valence-electron chi connectivity index (χ2n) is 6.27. The number of nitro groups is 1. The maximum Gasteiger partial charge on any atom is 0.294 e. The maximum atomic E-state index is 12.8. The Kier molecular flexibility index (Phi) is 5.23. The molecular formula is C18H13N9O5. The Balaban J connectivity index is 1.73. The Hall–Kier alpha value is -5.14. The van der Waals surface area contributed by atoms with Crippen LogP contribution in [0.3, 0.4) is 0 Å². The average molecular weight is 435 g/mol.